The van der Waals surface area contributed by atoms with E-state index in [2.05, 4.69) is 28.9 Å². The van der Waals surface area contributed by atoms with Gasteiger partial charge < -0.3 is 20.3 Å². The number of benzene rings is 1. The molecule has 0 aromatic heterocycles. The number of alkyl halides is 1. The molecule has 1 saturated carbocycles. The molecule has 4 rings (SSSR count). The van der Waals surface area contributed by atoms with E-state index >= 15 is 0 Å². The van der Waals surface area contributed by atoms with Crippen molar-refractivity contribution < 1.29 is 9.13 Å². The maximum Gasteiger partial charge on any atom is 0.124 e. The predicted octanol–water partition coefficient (Wildman–Crippen LogP) is 1.75. The van der Waals surface area contributed by atoms with Gasteiger partial charge in [-0.3, -0.25) is 5.84 Å². The molecule has 1 aromatic carbocycles. The molecule has 1 saturated heterocycles. The summed E-state index contributed by atoms with van der Waals surface area (Å²) in [4.78, 5) is 4.59. The third-order valence-electron chi connectivity index (χ3n) is 6.16. The Labute approximate surface area is 161 Å². The highest BCUT2D eigenvalue weighted by molar-refractivity contribution is 5.72. The lowest BCUT2D eigenvalue weighted by Gasteiger charge is -2.39. The molecule has 0 bridgehead atoms. The second kappa shape index (κ2) is 7.54. The van der Waals surface area contributed by atoms with Crippen LogP contribution in [-0.4, -0.2) is 56.2 Å². The lowest BCUT2D eigenvalue weighted by Crippen LogP contribution is -2.47. The van der Waals surface area contributed by atoms with Crippen LogP contribution in [0.5, 0.6) is 0 Å². The molecule has 6 nitrogen and oxygen atoms in total. The molecule has 2 heterocycles. The number of anilines is 2. The van der Waals surface area contributed by atoms with Crippen molar-refractivity contribution in [2.75, 3.05) is 42.8 Å². The summed E-state index contributed by atoms with van der Waals surface area (Å²) in [6, 6.07) is 4.61. The van der Waals surface area contributed by atoms with E-state index in [9.17, 15) is 4.39 Å². The van der Waals surface area contributed by atoms with Gasteiger partial charge in [0.25, 0.3) is 0 Å². The van der Waals surface area contributed by atoms with E-state index in [1.165, 1.54) is 29.7 Å². The molecule has 0 spiro atoms. The number of nitrogens with two attached hydrogens (primary N) is 2. The fourth-order valence-corrected chi connectivity index (χ4v) is 4.60. The van der Waals surface area contributed by atoms with Crippen LogP contribution >= 0.6 is 0 Å². The summed E-state index contributed by atoms with van der Waals surface area (Å²) < 4.78 is 20.1. The van der Waals surface area contributed by atoms with E-state index in [0.717, 1.165) is 18.9 Å². The van der Waals surface area contributed by atoms with Crippen molar-refractivity contribution in [1.82, 2.24) is 5.01 Å². The Bertz CT molecular complexity index is 683. The smallest absolute Gasteiger partial charge is 0.124 e. The van der Waals surface area contributed by atoms with Crippen molar-refractivity contribution in [3.05, 3.63) is 23.3 Å². The topological polar surface area (TPSA) is 71.0 Å². The molecule has 0 radical (unpaired) electrons. The van der Waals surface area contributed by atoms with Gasteiger partial charge in [-0.2, -0.15) is 0 Å². The Morgan fingerprint density at radius 2 is 2.07 bits per heavy atom. The molecule has 0 amide bonds. The van der Waals surface area contributed by atoms with Crippen LogP contribution in [0.1, 0.15) is 30.9 Å². The van der Waals surface area contributed by atoms with Crippen molar-refractivity contribution in [3.8, 4) is 0 Å². The Morgan fingerprint density at radius 1 is 1.30 bits per heavy atom. The lowest BCUT2D eigenvalue weighted by molar-refractivity contribution is 0.105. The summed E-state index contributed by atoms with van der Waals surface area (Å²) in [5, 5.41) is 1.87. The average molecular weight is 378 g/mol. The zero-order valence-electron chi connectivity index (χ0n) is 16.4. The van der Waals surface area contributed by atoms with Gasteiger partial charge in [0.2, 0.25) is 0 Å². The van der Waals surface area contributed by atoms with Crippen LogP contribution in [0.25, 0.3) is 0 Å². The van der Waals surface area contributed by atoms with E-state index in [-0.39, 0.29) is 12.0 Å². The highest BCUT2D eigenvalue weighted by Gasteiger charge is 2.39. The zero-order valence-corrected chi connectivity index (χ0v) is 16.4. The number of hydrazine groups is 1. The van der Waals surface area contributed by atoms with Crippen LogP contribution in [0.2, 0.25) is 0 Å². The molecule has 1 aromatic rings. The number of rotatable bonds is 6. The first-order valence-corrected chi connectivity index (χ1v) is 10.1. The summed E-state index contributed by atoms with van der Waals surface area (Å²) >= 11 is 0. The van der Waals surface area contributed by atoms with E-state index in [1.54, 1.807) is 0 Å². The first kappa shape index (κ1) is 18.9. The largest absolute Gasteiger partial charge is 0.380 e. The molecule has 4 N–H and O–H groups in total. The van der Waals surface area contributed by atoms with E-state index in [0.29, 0.717) is 32.3 Å². The summed E-state index contributed by atoms with van der Waals surface area (Å²) in [6.07, 6.45) is 1.53. The van der Waals surface area contributed by atoms with Gasteiger partial charge in [0.1, 0.15) is 6.17 Å². The molecule has 27 heavy (non-hydrogen) atoms. The maximum atomic E-state index is 14.7. The molecule has 2 fully saturated rings. The van der Waals surface area contributed by atoms with Gasteiger partial charge in [0.05, 0.1) is 13.3 Å². The molecule has 150 valence electrons. The number of hydrogen-bond acceptors (Lipinski definition) is 6. The maximum absolute atomic E-state index is 14.7. The number of ether oxygens (including phenoxy) is 1. The SMILES string of the molecule is CCOC[C@H](N)[C@H]1CN(c2ccc3c(c2C)N(C2CC2)CN(N)C3)C[C@H]1F. The molecular weight excluding hydrogens is 345 g/mol. The number of halogens is 1. The van der Waals surface area contributed by atoms with Gasteiger partial charge in [-0.05, 0) is 43.9 Å². The van der Waals surface area contributed by atoms with Crippen molar-refractivity contribution >= 4 is 11.4 Å². The van der Waals surface area contributed by atoms with E-state index in [4.69, 9.17) is 16.3 Å². The first-order chi connectivity index (χ1) is 13.0. The van der Waals surface area contributed by atoms with Gasteiger partial charge in [-0.15, -0.1) is 0 Å². The van der Waals surface area contributed by atoms with E-state index in [1.807, 2.05) is 11.9 Å². The van der Waals surface area contributed by atoms with Crippen molar-refractivity contribution in [3.63, 3.8) is 0 Å². The van der Waals surface area contributed by atoms with Gasteiger partial charge in [0, 0.05) is 55.6 Å². The van der Waals surface area contributed by atoms with Gasteiger partial charge in [-0.1, -0.05) is 6.07 Å². The van der Waals surface area contributed by atoms with Crippen LogP contribution < -0.4 is 21.4 Å². The molecule has 3 atom stereocenters. The second-order valence-corrected chi connectivity index (χ2v) is 8.21. The summed E-state index contributed by atoms with van der Waals surface area (Å²) in [7, 11) is 0. The zero-order chi connectivity index (χ0) is 19.1. The number of nitrogens with zero attached hydrogens (tertiary/aromatic N) is 3. The van der Waals surface area contributed by atoms with Gasteiger partial charge >= 0.3 is 0 Å². The van der Waals surface area contributed by atoms with Crippen LogP contribution in [0.15, 0.2) is 12.1 Å². The van der Waals surface area contributed by atoms with E-state index < -0.39 is 6.17 Å². The molecule has 0 unspecified atom stereocenters. The minimum Gasteiger partial charge on any atom is -0.380 e. The standard InChI is InChI=1S/C20H32FN5O/c1-3-27-11-18(22)16-9-24(10-17(16)21)19-7-4-14-8-25(23)12-26(15-5-6-15)20(14)13(19)2/h4,7,15-18H,3,5-6,8-12,22-23H2,1-2H3/t16-,17+,18-/m0/s1. The van der Waals surface area contributed by atoms with Crippen LogP contribution in [0.3, 0.4) is 0 Å². The van der Waals surface area contributed by atoms with Crippen molar-refractivity contribution in [1.29, 1.82) is 0 Å². The monoisotopic (exact) mass is 377 g/mol. The van der Waals surface area contributed by atoms with Crippen LogP contribution in [-0.2, 0) is 11.3 Å². The fourth-order valence-electron chi connectivity index (χ4n) is 4.60. The third-order valence-corrected chi connectivity index (χ3v) is 6.16. The predicted molar refractivity (Wildman–Crippen MR) is 106 cm³/mol. The number of fused-ring (bicyclic) bond motifs is 1. The normalized spacial score (nSPS) is 27.1. The summed E-state index contributed by atoms with van der Waals surface area (Å²) in [6.45, 7) is 7.68. The Hall–Kier alpha value is -1.41. The third kappa shape index (κ3) is 3.66. The minimum absolute atomic E-state index is 0.189. The second-order valence-electron chi connectivity index (χ2n) is 8.21. The fraction of sp³-hybridized carbons (Fsp3) is 0.700. The lowest BCUT2D eigenvalue weighted by atomic mass is 9.99. The Balaban J connectivity index is 1.57. The molecule has 1 aliphatic carbocycles. The van der Waals surface area contributed by atoms with Gasteiger partial charge in [-0.25, -0.2) is 9.40 Å². The van der Waals surface area contributed by atoms with Gasteiger partial charge in [0.15, 0.2) is 0 Å². The minimum atomic E-state index is -0.921. The highest BCUT2D eigenvalue weighted by Crippen LogP contribution is 2.42. The highest BCUT2D eigenvalue weighted by atomic mass is 19.1. The van der Waals surface area contributed by atoms with Crippen molar-refractivity contribution in [2.45, 2.75) is 51.5 Å². The summed E-state index contributed by atoms with van der Waals surface area (Å²) in [5.74, 6) is 5.94. The van der Waals surface area contributed by atoms with Crippen LogP contribution in [0.4, 0.5) is 15.8 Å². The molecule has 3 aliphatic rings. The Kier molecular flexibility index (Phi) is 5.29. The number of hydrogen-bond donors (Lipinski definition) is 2. The Morgan fingerprint density at radius 3 is 2.78 bits per heavy atom. The average Bonchev–Trinajstić information content (AvgIpc) is 3.41. The first-order valence-electron chi connectivity index (χ1n) is 10.1. The quantitative estimate of drug-likeness (QED) is 0.736. The van der Waals surface area contributed by atoms with Crippen molar-refractivity contribution in [2.24, 2.45) is 17.5 Å². The molecule has 2 aliphatic heterocycles. The molecule has 7 heteroatoms. The molecular formula is C20H32FN5O. The van der Waals surface area contributed by atoms with Crippen LogP contribution in [0, 0.1) is 12.8 Å². The summed E-state index contributed by atoms with van der Waals surface area (Å²) in [5.41, 5.74) is 11.1.